The highest BCUT2D eigenvalue weighted by atomic mass is 16.6. The highest BCUT2D eigenvalue weighted by Gasteiger charge is 2.12. The van der Waals surface area contributed by atoms with Gasteiger partial charge in [-0.1, -0.05) is 23.4 Å². The molecular weight excluding hydrogens is 236 g/mol. The van der Waals surface area contributed by atoms with Crippen LogP contribution in [-0.4, -0.2) is 24.1 Å². The minimum Gasteiger partial charge on any atom is -0.384 e. The van der Waals surface area contributed by atoms with Gasteiger partial charge >= 0.3 is 0 Å². The van der Waals surface area contributed by atoms with Crippen LogP contribution in [0.15, 0.2) is 35.5 Å². The van der Waals surface area contributed by atoms with E-state index in [1.165, 1.54) is 0 Å². The molecule has 0 aromatic heterocycles. The number of hydrogen-bond acceptors (Lipinski definition) is 5. The van der Waals surface area contributed by atoms with Crippen LogP contribution in [0.4, 0.5) is 5.69 Å². The van der Waals surface area contributed by atoms with Gasteiger partial charge in [0.25, 0.3) is 11.8 Å². The third-order valence-corrected chi connectivity index (χ3v) is 1.72. The van der Waals surface area contributed by atoms with E-state index in [1.807, 2.05) is 0 Å². The van der Waals surface area contributed by atoms with E-state index in [4.69, 9.17) is 11.0 Å². The quantitative estimate of drug-likeness (QED) is 0.561. The molecule has 0 saturated heterocycles. The van der Waals surface area contributed by atoms with Gasteiger partial charge in [-0.2, -0.15) is 5.26 Å². The maximum absolute atomic E-state index is 11.6. The van der Waals surface area contributed by atoms with Crippen molar-refractivity contribution >= 4 is 23.2 Å². The molecule has 0 radical (unpaired) electrons. The predicted molar refractivity (Wildman–Crippen MR) is 63.3 cm³/mol. The fraction of sp³-hybridized carbons (Fsp3) is 0.0909. The first-order chi connectivity index (χ1) is 8.63. The average molecular weight is 246 g/mol. The van der Waals surface area contributed by atoms with Gasteiger partial charge in [-0.05, 0) is 12.1 Å². The van der Waals surface area contributed by atoms with Gasteiger partial charge in [-0.25, -0.2) is 0 Å². The topological polar surface area (TPSA) is 118 Å². The summed E-state index contributed by atoms with van der Waals surface area (Å²) in [5.74, 6) is -1.48. The molecule has 7 nitrogen and oxygen atoms in total. The maximum atomic E-state index is 11.6. The summed E-state index contributed by atoms with van der Waals surface area (Å²) in [6.45, 7) is -0.496. The summed E-state index contributed by atoms with van der Waals surface area (Å²) in [6.07, 6.45) is 0. The number of carbonyl (C=O) groups excluding carboxylic acids is 2. The predicted octanol–water partition coefficient (Wildman–Crippen LogP) is 0.00658. The van der Waals surface area contributed by atoms with Gasteiger partial charge in [0.15, 0.2) is 6.61 Å². The lowest BCUT2D eigenvalue weighted by molar-refractivity contribution is -0.122. The highest BCUT2D eigenvalue weighted by molar-refractivity contribution is 6.48. The molecule has 0 atom stereocenters. The number of primary amides is 1. The molecule has 0 unspecified atom stereocenters. The van der Waals surface area contributed by atoms with Crippen molar-refractivity contribution in [3.05, 3.63) is 30.3 Å². The van der Waals surface area contributed by atoms with Gasteiger partial charge in [0.2, 0.25) is 5.71 Å². The van der Waals surface area contributed by atoms with E-state index in [9.17, 15) is 9.59 Å². The lowest BCUT2D eigenvalue weighted by atomic mass is 10.3. The van der Waals surface area contributed by atoms with Crippen molar-refractivity contribution in [3.63, 3.8) is 0 Å². The number of amides is 2. The van der Waals surface area contributed by atoms with Gasteiger partial charge in [0.05, 0.1) is 0 Å². The largest absolute Gasteiger partial charge is 0.384 e. The second kappa shape index (κ2) is 6.65. The molecular formula is C11H10N4O3. The summed E-state index contributed by atoms with van der Waals surface area (Å²) < 4.78 is 0. The number of benzene rings is 1. The Morgan fingerprint density at radius 2 is 2.06 bits per heavy atom. The van der Waals surface area contributed by atoms with E-state index in [2.05, 4.69) is 15.3 Å². The fourth-order valence-corrected chi connectivity index (χ4v) is 0.985. The van der Waals surface area contributed by atoms with Crippen molar-refractivity contribution in [2.45, 2.75) is 0 Å². The van der Waals surface area contributed by atoms with Crippen molar-refractivity contribution in [3.8, 4) is 6.07 Å². The molecule has 7 heteroatoms. The highest BCUT2D eigenvalue weighted by Crippen LogP contribution is 2.04. The molecule has 1 aromatic carbocycles. The first kappa shape index (κ1) is 13.2. The van der Waals surface area contributed by atoms with Crippen LogP contribution in [0.1, 0.15) is 0 Å². The Morgan fingerprint density at radius 3 is 2.61 bits per heavy atom. The smallest absolute Gasteiger partial charge is 0.288 e. The van der Waals surface area contributed by atoms with E-state index < -0.39 is 24.1 Å². The van der Waals surface area contributed by atoms with Crippen LogP contribution in [-0.2, 0) is 14.4 Å². The van der Waals surface area contributed by atoms with Crippen LogP contribution in [0.2, 0.25) is 0 Å². The van der Waals surface area contributed by atoms with Crippen LogP contribution in [0.3, 0.4) is 0 Å². The van der Waals surface area contributed by atoms with Crippen molar-refractivity contribution in [1.29, 1.82) is 5.26 Å². The maximum Gasteiger partial charge on any atom is 0.288 e. The number of nitrogens with two attached hydrogens (primary N) is 1. The molecule has 0 spiro atoms. The minimum atomic E-state index is -0.750. The van der Waals surface area contributed by atoms with Gasteiger partial charge in [-0.15, -0.1) is 0 Å². The van der Waals surface area contributed by atoms with Crippen LogP contribution >= 0.6 is 0 Å². The third-order valence-electron chi connectivity index (χ3n) is 1.72. The Kier molecular flexibility index (Phi) is 4.87. The Bertz CT molecular complexity index is 505. The summed E-state index contributed by atoms with van der Waals surface area (Å²) in [7, 11) is 0. The zero-order valence-electron chi connectivity index (χ0n) is 9.29. The molecule has 0 heterocycles. The van der Waals surface area contributed by atoms with Gasteiger partial charge in [-0.3, -0.25) is 9.59 Å². The molecule has 0 saturated carbocycles. The summed E-state index contributed by atoms with van der Waals surface area (Å²) in [6, 6.07) is 10.1. The summed E-state index contributed by atoms with van der Waals surface area (Å²) in [4.78, 5) is 26.4. The number of rotatable bonds is 5. The molecule has 18 heavy (non-hydrogen) atoms. The first-order valence-electron chi connectivity index (χ1n) is 4.88. The molecule has 0 aliphatic carbocycles. The number of hydrogen-bond donors (Lipinski definition) is 2. The summed E-state index contributed by atoms with van der Waals surface area (Å²) in [5.41, 5.74) is 4.82. The molecule has 0 fully saturated rings. The molecule has 1 rings (SSSR count). The first-order valence-corrected chi connectivity index (χ1v) is 4.88. The molecule has 92 valence electrons. The minimum absolute atomic E-state index is 0.496. The summed E-state index contributed by atoms with van der Waals surface area (Å²) in [5, 5.41) is 14.4. The van der Waals surface area contributed by atoms with E-state index in [0.29, 0.717) is 5.69 Å². The van der Waals surface area contributed by atoms with Gasteiger partial charge < -0.3 is 15.9 Å². The van der Waals surface area contributed by atoms with E-state index in [0.717, 1.165) is 0 Å². The fourth-order valence-electron chi connectivity index (χ4n) is 0.985. The number of anilines is 1. The Morgan fingerprint density at radius 1 is 1.39 bits per heavy atom. The van der Waals surface area contributed by atoms with Crippen molar-refractivity contribution in [2.75, 3.05) is 11.9 Å². The number of nitrogens with zero attached hydrogens (tertiary/aromatic N) is 2. The van der Waals surface area contributed by atoms with Gasteiger partial charge in [0, 0.05) is 5.69 Å². The van der Waals surface area contributed by atoms with E-state index >= 15 is 0 Å². The molecule has 0 aliphatic heterocycles. The Balaban J connectivity index is 2.63. The van der Waals surface area contributed by atoms with Crippen LogP contribution in [0.25, 0.3) is 0 Å². The Hall–Kier alpha value is -2.88. The Labute approximate surface area is 103 Å². The lowest BCUT2D eigenvalue weighted by Crippen LogP contribution is -2.23. The SMILES string of the molecule is N#C/C(=N\OCC(N)=O)C(=O)Nc1ccccc1. The van der Waals surface area contributed by atoms with Crippen LogP contribution in [0, 0.1) is 11.3 Å². The zero-order valence-corrected chi connectivity index (χ0v) is 9.29. The number of nitriles is 1. The molecule has 1 aromatic rings. The number of oxime groups is 1. The van der Waals surface area contributed by atoms with E-state index in [-0.39, 0.29) is 0 Å². The standard InChI is InChI=1S/C11H10N4O3/c12-6-9(15-18-7-10(13)16)11(17)14-8-4-2-1-3-5-8/h1-5H,7H2,(H2,13,16)(H,14,17)/b15-9+. The molecule has 0 bridgehead atoms. The average Bonchev–Trinajstić information content (AvgIpc) is 2.35. The second-order valence-corrected chi connectivity index (χ2v) is 3.11. The van der Waals surface area contributed by atoms with Crippen molar-refractivity contribution in [1.82, 2.24) is 0 Å². The van der Waals surface area contributed by atoms with Crippen LogP contribution in [0.5, 0.6) is 0 Å². The number of para-hydroxylation sites is 1. The van der Waals surface area contributed by atoms with Crippen molar-refractivity contribution in [2.24, 2.45) is 10.9 Å². The normalized spacial score (nSPS) is 10.3. The molecule has 0 aliphatic rings. The zero-order chi connectivity index (χ0) is 13.4. The lowest BCUT2D eigenvalue weighted by Gasteiger charge is -2.02. The summed E-state index contributed by atoms with van der Waals surface area (Å²) >= 11 is 0. The monoisotopic (exact) mass is 246 g/mol. The number of carbonyl (C=O) groups is 2. The van der Waals surface area contributed by atoms with E-state index in [1.54, 1.807) is 36.4 Å². The number of nitrogens with one attached hydrogen (secondary N) is 1. The van der Waals surface area contributed by atoms with Gasteiger partial charge in [0.1, 0.15) is 6.07 Å². The van der Waals surface area contributed by atoms with Crippen molar-refractivity contribution < 1.29 is 14.4 Å². The third kappa shape index (κ3) is 4.32. The van der Waals surface area contributed by atoms with Crippen LogP contribution < -0.4 is 11.1 Å². The second-order valence-electron chi connectivity index (χ2n) is 3.11. The molecule has 2 amide bonds. The molecule has 3 N–H and O–H groups in total.